The lowest BCUT2D eigenvalue weighted by Crippen LogP contribution is -2.14. The third-order valence-electron chi connectivity index (χ3n) is 3.67. The molecule has 122 valence electrons. The topological polar surface area (TPSA) is 94.7 Å². The molecule has 2 aromatic heterocycles. The van der Waals surface area contributed by atoms with Crippen molar-refractivity contribution in [3.05, 3.63) is 54.3 Å². The Hall–Kier alpha value is -3.24. The fraction of sp³-hybridized carbons (Fsp3) is 0.0556. The SMILES string of the molecule is N#Cc1oc2ccccc2c1NC(=O)CSc1nc2ccccc2[nH]1. The number of imidazole rings is 1. The molecule has 0 saturated carbocycles. The number of hydrogen-bond acceptors (Lipinski definition) is 5. The zero-order valence-corrected chi connectivity index (χ0v) is 13.8. The Labute approximate surface area is 146 Å². The molecule has 0 aliphatic heterocycles. The number of para-hydroxylation sites is 3. The summed E-state index contributed by atoms with van der Waals surface area (Å²) in [5.74, 6) is 0.0429. The molecule has 0 aliphatic carbocycles. The van der Waals surface area contributed by atoms with Crippen LogP contribution in [0.2, 0.25) is 0 Å². The Kier molecular flexibility index (Phi) is 3.88. The number of hydrogen-bond donors (Lipinski definition) is 2. The predicted octanol–water partition coefficient (Wildman–Crippen LogP) is 3.91. The molecule has 0 unspecified atom stereocenters. The summed E-state index contributed by atoms with van der Waals surface area (Å²) in [5, 5.41) is 13.4. The minimum atomic E-state index is -0.228. The molecule has 25 heavy (non-hydrogen) atoms. The predicted molar refractivity (Wildman–Crippen MR) is 96.4 cm³/mol. The maximum Gasteiger partial charge on any atom is 0.234 e. The number of benzene rings is 2. The van der Waals surface area contributed by atoms with Crippen LogP contribution in [-0.2, 0) is 4.79 Å². The molecule has 0 bridgehead atoms. The summed E-state index contributed by atoms with van der Waals surface area (Å²) in [4.78, 5) is 19.9. The van der Waals surface area contributed by atoms with Gasteiger partial charge in [-0.25, -0.2) is 4.98 Å². The van der Waals surface area contributed by atoms with Crippen LogP contribution in [0.25, 0.3) is 22.0 Å². The quantitative estimate of drug-likeness (QED) is 0.545. The van der Waals surface area contributed by atoms with Crippen LogP contribution in [0.4, 0.5) is 5.69 Å². The molecule has 0 saturated heterocycles. The van der Waals surface area contributed by atoms with Gasteiger partial charge in [0.25, 0.3) is 0 Å². The number of carbonyl (C=O) groups excluding carboxylic acids is 1. The van der Waals surface area contributed by atoms with Crippen LogP contribution in [-0.4, -0.2) is 21.6 Å². The lowest BCUT2D eigenvalue weighted by Gasteiger charge is -2.02. The van der Waals surface area contributed by atoms with E-state index in [0.29, 0.717) is 21.8 Å². The van der Waals surface area contributed by atoms with E-state index in [1.54, 1.807) is 6.07 Å². The first-order valence-corrected chi connectivity index (χ1v) is 8.52. The second kappa shape index (κ2) is 6.34. The molecule has 4 rings (SSSR count). The van der Waals surface area contributed by atoms with E-state index in [4.69, 9.17) is 4.42 Å². The van der Waals surface area contributed by atoms with Gasteiger partial charge in [-0.1, -0.05) is 36.0 Å². The summed E-state index contributed by atoms with van der Waals surface area (Å²) in [6, 6.07) is 16.9. The lowest BCUT2D eigenvalue weighted by atomic mass is 10.2. The number of amides is 1. The Morgan fingerprint density at radius 2 is 2.04 bits per heavy atom. The highest BCUT2D eigenvalue weighted by molar-refractivity contribution is 7.99. The van der Waals surface area contributed by atoms with Gasteiger partial charge >= 0.3 is 0 Å². The van der Waals surface area contributed by atoms with Crippen LogP contribution < -0.4 is 5.32 Å². The number of anilines is 1. The first-order chi connectivity index (χ1) is 12.2. The van der Waals surface area contributed by atoms with Crippen molar-refractivity contribution in [1.29, 1.82) is 5.26 Å². The summed E-state index contributed by atoms with van der Waals surface area (Å²) in [5.41, 5.74) is 2.77. The van der Waals surface area contributed by atoms with Crippen molar-refractivity contribution >= 4 is 45.4 Å². The summed E-state index contributed by atoms with van der Waals surface area (Å²) in [7, 11) is 0. The number of nitrogens with one attached hydrogen (secondary N) is 2. The smallest absolute Gasteiger partial charge is 0.234 e. The average Bonchev–Trinajstić information content (AvgIpc) is 3.21. The highest BCUT2D eigenvalue weighted by atomic mass is 32.2. The lowest BCUT2D eigenvalue weighted by molar-refractivity contribution is -0.113. The maximum absolute atomic E-state index is 12.3. The van der Waals surface area contributed by atoms with Crippen LogP contribution in [0.15, 0.2) is 58.1 Å². The molecule has 4 aromatic rings. The monoisotopic (exact) mass is 348 g/mol. The van der Waals surface area contributed by atoms with Crippen molar-refractivity contribution < 1.29 is 9.21 Å². The third-order valence-corrected chi connectivity index (χ3v) is 4.54. The molecular formula is C18H12N4O2S. The maximum atomic E-state index is 12.3. The van der Waals surface area contributed by atoms with Gasteiger partial charge in [0.15, 0.2) is 5.16 Å². The number of nitriles is 1. The van der Waals surface area contributed by atoms with Gasteiger partial charge in [-0.3, -0.25) is 4.79 Å². The Bertz CT molecular complexity index is 1090. The number of nitrogens with zero attached hydrogens (tertiary/aromatic N) is 2. The first kappa shape index (κ1) is 15.3. The fourth-order valence-electron chi connectivity index (χ4n) is 2.56. The summed E-state index contributed by atoms with van der Waals surface area (Å²) >= 11 is 1.30. The van der Waals surface area contributed by atoms with E-state index in [0.717, 1.165) is 11.0 Å². The van der Waals surface area contributed by atoms with Crippen molar-refractivity contribution in [3.8, 4) is 6.07 Å². The van der Waals surface area contributed by atoms with E-state index in [1.165, 1.54) is 11.8 Å². The van der Waals surface area contributed by atoms with Crippen molar-refractivity contribution in [2.24, 2.45) is 0 Å². The molecule has 2 aromatic carbocycles. The van der Waals surface area contributed by atoms with Crippen molar-refractivity contribution in [2.45, 2.75) is 5.16 Å². The van der Waals surface area contributed by atoms with E-state index in [9.17, 15) is 10.1 Å². The molecule has 0 spiro atoms. The van der Waals surface area contributed by atoms with E-state index >= 15 is 0 Å². The molecule has 7 heteroatoms. The summed E-state index contributed by atoms with van der Waals surface area (Å²) in [6.07, 6.45) is 0. The van der Waals surface area contributed by atoms with E-state index in [2.05, 4.69) is 15.3 Å². The summed E-state index contributed by atoms with van der Waals surface area (Å²) < 4.78 is 5.45. The molecule has 2 N–H and O–H groups in total. The van der Waals surface area contributed by atoms with Crippen LogP contribution in [0, 0.1) is 11.3 Å². The van der Waals surface area contributed by atoms with Crippen LogP contribution in [0.5, 0.6) is 0 Å². The molecular weight excluding hydrogens is 336 g/mol. The van der Waals surface area contributed by atoms with Crippen molar-refractivity contribution in [1.82, 2.24) is 9.97 Å². The molecule has 6 nitrogen and oxygen atoms in total. The van der Waals surface area contributed by atoms with Gasteiger partial charge in [-0.15, -0.1) is 0 Å². The zero-order chi connectivity index (χ0) is 17.2. The van der Waals surface area contributed by atoms with Gasteiger partial charge in [0, 0.05) is 5.39 Å². The minimum absolute atomic E-state index is 0.100. The summed E-state index contributed by atoms with van der Waals surface area (Å²) in [6.45, 7) is 0. The van der Waals surface area contributed by atoms with Gasteiger partial charge in [0.2, 0.25) is 11.7 Å². The number of carbonyl (C=O) groups is 1. The van der Waals surface area contributed by atoms with Gasteiger partial charge in [0.1, 0.15) is 17.3 Å². The Balaban J connectivity index is 1.50. The van der Waals surface area contributed by atoms with Gasteiger partial charge < -0.3 is 14.7 Å². The molecule has 0 fully saturated rings. The second-order valence-electron chi connectivity index (χ2n) is 5.31. The number of thioether (sulfide) groups is 1. The number of rotatable bonds is 4. The first-order valence-electron chi connectivity index (χ1n) is 7.53. The van der Waals surface area contributed by atoms with E-state index in [-0.39, 0.29) is 17.4 Å². The third kappa shape index (κ3) is 2.95. The van der Waals surface area contributed by atoms with Gasteiger partial charge in [0.05, 0.1) is 16.8 Å². The minimum Gasteiger partial charge on any atom is -0.443 e. The van der Waals surface area contributed by atoms with Crippen molar-refractivity contribution in [2.75, 3.05) is 11.1 Å². The number of H-pyrrole nitrogens is 1. The largest absolute Gasteiger partial charge is 0.443 e. The number of aromatic nitrogens is 2. The zero-order valence-electron chi connectivity index (χ0n) is 12.9. The number of aromatic amines is 1. The molecule has 0 radical (unpaired) electrons. The standard InChI is InChI=1S/C18H12N4O2S/c19-9-15-17(11-5-1-4-8-14(11)24-15)22-16(23)10-25-18-20-12-6-2-3-7-13(12)21-18/h1-8H,10H2,(H,20,21)(H,22,23). The van der Waals surface area contributed by atoms with Gasteiger partial charge in [-0.05, 0) is 24.3 Å². The second-order valence-corrected chi connectivity index (χ2v) is 6.27. The Morgan fingerprint density at radius 1 is 1.24 bits per heavy atom. The Morgan fingerprint density at radius 3 is 2.88 bits per heavy atom. The average molecular weight is 348 g/mol. The van der Waals surface area contributed by atoms with E-state index in [1.807, 2.05) is 48.5 Å². The van der Waals surface area contributed by atoms with Crippen LogP contribution in [0.1, 0.15) is 5.76 Å². The van der Waals surface area contributed by atoms with Crippen LogP contribution in [0.3, 0.4) is 0 Å². The number of furan rings is 1. The number of fused-ring (bicyclic) bond motifs is 2. The van der Waals surface area contributed by atoms with Crippen LogP contribution >= 0.6 is 11.8 Å². The fourth-order valence-corrected chi connectivity index (χ4v) is 3.24. The van der Waals surface area contributed by atoms with Gasteiger partial charge in [-0.2, -0.15) is 5.26 Å². The molecule has 0 aliphatic rings. The van der Waals surface area contributed by atoms with E-state index < -0.39 is 0 Å². The molecule has 1 amide bonds. The highest BCUT2D eigenvalue weighted by Gasteiger charge is 2.16. The van der Waals surface area contributed by atoms with Crippen molar-refractivity contribution in [3.63, 3.8) is 0 Å². The highest BCUT2D eigenvalue weighted by Crippen LogP contribution is 2.30. The normalized spacial score (nSPS) is 10.8. The molecule has 2 heterocycles. The molecule has 0 atom stereocenters.